The van der Waals surface area contributed by atoms with Gasteiger partial charge in [0.1, 0.15) is 0 Å². The summed E-state index contributed by atoms with van der Waals surface area (Å²) in [5.74, 6) is 0.560. The minimum absolute atomic E-state index is 0. The lowest BCUT2D eigenvalue weighted by Crippen LogP contribution is -2.49. The second-order valence-corrected chi connectivity index (χ2v) is 7.89. The minimum atomic E-state index is -0.0191. The molecule has 2 aromatic heterocycles. The number of hydrogen-bond acceptors (Lipinski definition) is 5. The van der Waals surface area contributed by atoms with Crippen LogP contribution in [0.25, 0.3) is 22.4 Å². The highest BCUT2D eigenvalue weighted by atomic mass is 35.5. The van der Waals surface area contributed by atoms with Gasteiger partial charge < -0.3 is 15.2 Å². The Morgan fingerprint density at radius 1 is 1.28 bits per heavy atom. The van der Waals surface area contributed by atoms with Crippen LogP contribution in [0.2, 0.25) is 0 Å². The summed E-state index contributed by atoms with van der Waals surface area (Å²) >= 11 is 0. The Morgan fingerprint density at radius 2 is 2.00 bits per heavy atom. The predicted molar refractivity (Wildman–Crippen MR) is 116 cm³/mol. The van der Waals surface area contributed by atoms with Gasteiger partial charge in [-0.2, -0.15) is 0 Å². The fourth-order valence-corrected chi connectivity index (χ4v) is 4.03. The second-order valence-electron chi connectivity index (χ2n) is 7.89. The third kappa shape index (κ3) is 4.00. The molecule has 3 aromatic rings. The molecule has 7 heteroatoms. The zero-order chi connectivity index (χ0) is 19.8. The number of rotatable bonds is 3. The molecule has 6 nitrogen and oxygen atoms in total. The third-order valence-corrected chi connectivity index (χ3v) is 5.71. The van der Waals surface area contributed by atoms with Gasteiger partial charge in [-0.3, -0.25) is 4.79 Å². The SMILES string of the molecule is Cc1ccc(-c2cc(C(=O)N3CCC(C)CC3CN)c3c(C)noc3n2)cc1.Cl. The zero-order valence-electron chi connectivity index (χ0n) is 17.0. The van der Waals surface area contributed by atoms with Gasteiger partial charge in [0.05, 0.1) is 22.3 Å². The molecule has 29 heavy (non-hydrogen) atoms. The Morgan fingerprint density at radius 3 is 2.69 bits per heavy atom. The molecular weight excluding hydrogens is 388 g/mol. The van der Waals surface area contributed by atoms with Crippen LogP contribution < -0.4 is 5.73 Å². The number of nitrogens with zero attached hydrogens (tertiary/aromatic N) is 3. The van der Waals surface area contributed by atoms with E-state index in [1.54, 1.807) is 0 Å². The van der Waals surface area contributed by atoms with Crippen molar-refractivity contribution < 1.29 is 9.32 Å². The number of aryl methyl sites for hydroxylation is 2. The van der Waals surface area contributed by atoms with Gasteiger partial charge in [0.25, 0.3) is 11.6 Å². The molecular formula is C22H27ClN4O2. The number of carbonyl (C=O) groups excluding carboxylic acids is 1. The molecule has 1 amide bonds. The molecule has 1 aliphatic rings. The highest BCUT2D eigenvalue weighted by molar-refractivity contribution is 6.07. The minimum Gasteiger partial charge on any atom is -0.335 e. The summed E-state index contributed by atoms with van der Waals surface area (Å²) in [6.45, 7) is 7.29. The van der Waals surface area contributed by atoms with E-state index >= 15 is 0 Å². The molecule has 3 heterocycles. The maximum atomic E-state index is 13.6. The summed E-state index contributed by atoms with van der Waals surface area (Å²) < 4.78 is 5.43. The number of amides is 1. The summed E-state index contributed by atoms with van der Waals surface area (Å²) in [4.78, 5) is 20.1. The predicted octanol–water partition coefficient (Wildman–Crippen LogP) is 4.13. The van der Waals surface area contributed by atoms with Crippen LogP contribution in [-0.4, -0.2) is 40.1 Å². The van der Waals surface area contributed by atoms with E-state index in [1.807, 2.05) is 49.1 Å². The van der Waals surface area contributed by atoms with E-state index in [0.717, 1.165) is 24.9 Å². The van der Waals surface area contributed by atoms with Crippen LogP contribution in [0.15, 0.2) is 34.9 Å². The van der Waals surface area contributed by atoms with E-state index in [2.05, 4.69) is 17.1 Å². The first-order valence-electron chi connectivity index (χ1n) is 9.83. The van der Waals surface area contributed by atoms with Gasteiger partial charge in [0.2, 0.25) is 0 Å². The van der Waals surface area contributed by atoms with Crippen molar-refractivity contribution in [1.29, 1.82) is 0 Å². The van der Waals surface area contributed by atoms with Crippen molar-refractivity contribution >= 4 is 29.4 Å². The first kappa shape index (κ1) is 21.3. The van der Waals surface area contributed by atoms with Crippen molar-refractivity contribution in [2.24, 2.45) is 11.7 Å². The smallest absolute Gasteiger partial charge is 0.259 e. The van der Waals surface area contributed by atoms with Gasteiger partial charge in [0.15, 0.2) is 0 Å². The molecule has 0 aliphatic carbocycles. The number of hydrogen-bond donors (Lipinski definition) is 1. The average Bonchev–Trinajstić information content (AvgIpc) is 3.08. The highest BCUT2D eigenvalue weighted by Gasteiger charge is 2.31. The fraction of sp³-hybridized carbons (Fsp3) is 0.409. The van der Waals surface area contributed by atoms with Crippen molar-refractivity contribution in [3.8, 4) is 11.3 Å². The molecule has 1 fully saturated rings. The van der Waals surface area contributed by atoms with Gasteiger partial charge in [-0.05, 0) is 38.7 Å². The fourth-order valence-electron chi connectivity index (χ4n) is 4.03. The number of nitrogens with two attached hydrogens (primary N) is 1. The van der Waals surface area contributed by atoms with Crippen molar-refractivity contribution in [1.82, 2.24) is 15.0 Å². The van der Waals surface area contributed by atoms with Crippen LogP contribution in [0.1, 0.15) is 41.4 Å². The topological polar surface area (TPSA) is 85.2 Å². The monoisotopic (exact) mass is 414 g/mol. The van der Waals surface area contributed by atoms with Gasteiger partial charge in [-0.1, -0.05) is 41.9 Å². The van der Waals surface area contributed by atoms with Gasteiger partial charge in [-0.25, -0.2) is 4.98 Å². The van der Waals surface area contributed by atoms with E-state index in [9.17, 15) is 4.79 Å². The lowest BCUT2D eigenvalue weighted by molar-refractivity contribution is 0.0575. The molecule has 0 radical (unpaired) electrons. The number of piperidine rings is 1. The molecule has 0 spiro atoms. The summed E-state index contributed by atoms with van der Waals surface area (Å²) in [5.41, 5.74) is 10.5. The Labute approximate surface area is 176 Å². The first-order chi connectivity index (χ1) is 13.5. The maximum absolute atomic E-state index is 13.6. The standard InChI is InChI=1S/C22H26N4O2.ClH/c1-13-4-6-16(7-5-13)19-11-18(20-15(3)25-28-21(20)24-19)22(27)26-9-8-14(2)10-17(26)12-23;/h4-7,11,14,17H,8-10,12,23H2,1-3H3;1H. The van der Waals surface area contributed by atoms with Crippen LogP contribution in [-0.2, 0) is 0 Å². The van der Waals surface area contributed by atoms with Gasteiger partial charge >= 0.3 is 0 Å². The number of pyridine rings is 1. The number of carbonyl (C=O) groups is 1. The Kier molecular flexibility index (Phi) is 6.24. The molecule has 1 aromatic carbocycles. The summed E-state index contributed by atoms with van der Waals surface area (Å²) in [6, 6.07) is 10.0. The molecule has 1 saturated heterocycles. The number of aromatic nitrogens is 2. The number of benzene rings is 1. The van der Waals surface area contributed by atoms with E-state index < -0.39 is 0 Å². The van der Waals surface area contributed by atoms with E-state index in [1.165, 1.54) is 5.56 Å². The summed E-state index contributed by atoms with van der Waals surface area (Å²) in [5, 5.41) is 4.74. The average molecular weight is 415 g/mol. The second kappa shape index (κ2) is 8.51. The Bertz CT molecular complexity index is 1020. The van der Waals surface area contributed by atoms with E-state index in [0.29, 0.717) is 40.5 Å². The molecule has 0 bridgehead atoms. The highest BCUT2D eigenvalue weighted by Crippen LogP contribution is 2.30. The van der Waals surface area contributed by atoms with Crippen LogP contribution in [0, 0.1) is 19.8 Å². The third-order valence-electron chi connectivity index (χ3n) is 5.71. The van der Waals surface area contributed by atoms with E-state index in [-0.39, 0.29) is 24.4 Å². The molecule has 2 unspecified atom stereocenters. The molecule has 154 valence electrons. The summed E-state index contributed by atoms with van der Waals surface area (Å²) in [6.07, 6.45) is 1.92. The van der Waals surface area contributed by atoms with Crippen LogP contribution in [0.3, 0.4) is 0 Å². The van der Waals surface area contributed by atoms with Crippen molar-refractivity contribution in [3.63, 3.8) is 0 Å². The van der Waals surface area contributed by atoms with Crippen LogP contribution >= 0.6 is 12.4 Å². The number of fused-ring (bicyclic) bond motifs is 1. The zero-order valence-corrected chi connectivity index (χ0v) is 17.8. The van der Waals surface area contributed by atoms with Crippen molar-refractivity contribution in [3.05, 3.63) is 47.2 Å². The molecule has 0 saturated carbocycles. The van der Waals surface area contributed by atoms with E-state index in [4.69, 9.17) is 10.3 Å². The molecule has 4 rings (SSSR count). The van der Waals surface area contributed by atoms with Crippen molar-refractivity contribution in [2.75, 3.05) is 13.1 Å². The van der Waals surface area contributed by atoms with Crippen molar-refractivity contribution in [2.45, 2.75) is 39.7 Å². The van der Waals surface area contributed by atoms with Gasteiger partial charge in [-0.15, -0.1) is 12.4 Å². The quantitative estimate of drug-likeness (QED) is 0.696. The first-order valence-corrected chi connectivity index (χ1v) is 9.83. The lowest BCUT2D eigenvalue weighted by Gasteiger charge is -2.38. The Hall–Kier alpha value is -2.44. The molecule has 2 N–H and O–H groups in total. The maximum Gasteiger partial charge on any atom is 0.259 e. The molecule has 1 aliphatic heterocycles. The number of likely N-dealkylation sites (tertiary alicyclic amines) is 1. The Balaban J connectivity index is 0.00000240. The van der Waals surface area contributed by atoms with Crippen LogP contribution in [0.5, 0.6) is 0 Å². The van der Waals surface area contributed by atoms with Crippen LogP contribution in [0.4, 0.5) is 0 Å². The lowest BCUT2D eigenvalue weighted by atomic mass is 9.91. The largest absolute Gasteiger partial charge is 0.335 e. The molecule has 2 atom stereocenters. The normalized spacial score (nSPS) is 19.2. The van der Waals surface area contributed by atoms with Gasteiger partial charge in [0, 0.05) is 24.7 Å². The summed E-state index contributed by atoms with van der Waals surface area (Å²) in [7, 11) is 0. The number of halogens is 1.